The van der Waals surface area contributed by atoms with Crippen molar-refractivity contribution in [2.24, 2.45) is 0 Å². The summed E-state index contributed by atoms with van der Waals surface area (Å²) < 4.78 is 5.75. The normalized spacial score (nSPS) is 10.8. The molecule has 2 heterocycles. The molecule has 0 unspecified atom stereocenters. The van der Waals surface area contributed by atoms with E-state index in [-0.39, 0.29) is 5.69 Å². The van der Waals surface area contributed by atoms with Crippen molar-refractivity contribution in [3.63, 3.8) is 0 Å². The van der Waals surface area contributed by atoms with Crippen LogP contribution in [0.15, 0.2) is 30.3 Å². The second-order valence-electron chi connectivity index (χ2n) is 4.44. The molecule has 0 spiro atoms. The number of nitrogens with zero attached hydrogens (tertiary/aromatic N) is 2. The SMILES string of the molecule is CCOC(=O)c1cc2sc(-c3ccc([N+](=O)[O-])cc3)nc2[nH]1. The highest BCUT2D eigenvalue weighted by atomic mass is 32.1. The highest BCUT2D eigenvalue weighted by molar-refractivity contribution is 7.21. The third-order valence-corrected chi connectivity index (χ3v) is 4.05. The number of carbonyl (C=O) groups is 1. The van der Waals surface area contributed by atoms with Gasteiger partial charge < -0.3 is 9.72 Å². The number of esters is 1. The molecule has 0 fully saturated rings. The minimum absolute atomic E-state index is 0.0375. The zero-order valence-corrected chi connectivity index (χ0v) is 12.3. The Kier molecular flexibility index (Phi) is 3.60. The molecule has 7 nitrogen and oxygen atoms in total. The molecular weight excluding hydrogens is 306 g/mol. The van der Waals surface area contributed by atoms with Crippen LogP contribution in [0.3, 0.4) is 0 Å². The Hall–Kier alpha value is -2.74. The molecule has 2 aromatic heterocycles. The fourth-order valence-corrected chi connectivity index (χ4v) is 2.95. The van der Waals surface area contributed by atoms with Crippen molar-refractivity contribution < 1.29 is 14.5 Å². The largest absolute Gasteiger partial charge is 0.461 e. The number of aromatic amines is 1. The summed E-state index contributed by atoms with van der Waals surface area (Å²) in [5, 5.41) is 11.4. The second kappa shape index (κ2) is 5.57. The predicted octanol–water partition coefficient (Wildman–Crippen LogP) is 3.38. The number of carbonyl (C=O) groups excluding carboxylic acids is 1. The molecule has 3 aromatic rings. The number of aromatic nitrogens is 2. The van der Waals surface area contributed by atoms with Crippen molar-refractivity contribution in [1.29, 1.82) is 0 Å². The van der Waals surface area contributed by atoms with Crippen LogP contribution in [-0.2, 0) is 4.74 Å². The van der Waals surface area contributed by atoms with Crippen LogP contribution >= 0.6 is 11.3 Å². The van der Waals surface area contributed by atoms with E-state index >= 15 is 0 Å². The number of nitro benzene ring substituents is 1. The van der Waals surface area contributed by atoms with Crippen LogP contribution in [0.1, 0.15) is 17.4 Å². The first-order chi connectivity index (χ1) is 10.6. The number of fused-ring (bicyclic) bond motifs is 1. The number of ether oxygens (including phenoxy) is 1. The van der Waals surface area contributed by atoms with Gasteiger partial charge in [0.05, 0.1) is 16.2 Å². The third-order valence-electron chi connectivity index (χ3n) is 3.00. The second-order valence-corrected chi connectivity index (χ2v) is 5.47. The highest BCUT2D eigenvalue weighted by Gasteiger charge is 2.15. The van der Waals surface area contributed by atoms with E-state index in [1.165, 1.54) is 23.5 Å². The number of nitro groups is 1. The number of non-ortho nitro benzene ring substituents is 1. The molecule has 0 bridgehead atoms. The minimum Gasteiger partial charge on any atom is -0.461 e. The summed E-state index contributed by atoms with van der Waals surface area (Å²) in [7, 11) is 0. The van der Waals surface area contributed by atoms with Crippen molar-refractivity contribution in [3.05, 3.63) is 46.1 Å². The van der Waals surface area contributed by atoms with Gasteiger partial charge in [-0.15, -0.1) is 11.3 Å². The molecule has 1 N–H and O–H groups in total. The van der Waals surface area contributed by atoms with E-state index in [0.29, 0.717) is 17.9 Å². The van der Waals surface area contributed by atoms with Crippen LogP contribution in [0.5, 0.6) is 0 Å². The van der Waals surface area contributed by atoms with Gasteiger partial charge in [-0.05, 0) is 25.1 Å². The molecule has 0 saturated carbocycles. The lowest BCUT2D eigenvalue weighted by Crippen LogP contribution is -2.04. The molecule has 0 atom stereocenters. The molecule has 22 heavy (non-hydrogen) atoms. The summed E-state index contributed by atoms with van der Waals surface area (Å²) in [6, 6.07) is 7.88. The number of hydrogen-bond donors (Lipinski definition) is 1. The van der Waals surface area contributed by atoms with Gasteiger partial charge in [0, 0.05) is 17.7 Å². The van der Waals surface area contributed by atoms with Crippen LogP contribution in [0.2, 0.25) is 0 Å². The minimum atomic E-state index is -0.443. The average molecular weight is 317 g/mol. The molecule has 0 aliphatic rings. The van der Waals surface area contributed by atoms with Crippen LogP contribution in [0.25, 0.3) is 20.9 Å². The van der Waals surface area contributed by atoms with Crippen LogP contribution in [-0.4, -0.2) is 27.5 Å². The Balaban J connectivity index is 1.90. The number of thiazole rings is 1. The maximum atomic E-state index is 11.6. The number of rotatable bonds is 4. The lowest BCUT2D eigenvalue weighted by atomic mass is 10.2. The van der Waals surface area contributed by atoms with Gasteiger partial charge in [0.15, 0.2) is 0 Å². The van der Waals surface area contributed by atoms with Crippen molar-refractivity contribution in [2.75, 3.05) is 6.61 Å². The average Bonchev–Trinajstić information content (AvgIpc) is 3.06. The smallest absolute Gasteiger partial charge is 0.354 e. The van der Waals surface area contributed by atoms with E-state index in [4.69, 9.17) is 4.74 Å². The van der Waals surface area contributed by atoms with Gasteiger partial charge in [0.1, 0.15) is 16.3 Å². The van der Waals surface area contributed by atoms with E-state index in [2.05, 4.69) is 9.97 Å². The molecule has 0 saturated heterocycles. The van der Waals surface area contributed by atoms with E-state index in [1.54, 1.807) is 25.1 Å². The molecule has 0 aliphatic carbocycles. The summed E-state index contributed by atoms with van der Waals surface area (Å²) in [6.07, 6.45) is 0. The summed E-state index contributed by atoms with van der Waals surface area (Å²) in [4.78, 5) is 29.2. The van der Waals surface area contributed by atoms with E-state index in [0.717, 1.165) is 15.3 Å². The number of nitrogens with one attached hydrogen (secondary N) is 1. The van der Waals surface area contributed by atoms with Crippen LogP contribution in [0.4, 0.5) is 5.69 Å². The van der Waals surface area contributed by atoms with Gasteiger partial charge >= 0.3 is 5.97 Å². The van der Waals surface area contributed by atoms with Gasteiger partial charge in [-0.1, -0.05) is 0 Å². The Morgan fingerprint density at radius 1 is 1.41 bits per heavy atom. The summed E-state index contributed by atoms with van der Waals surface area (Å²) in [6.45, 7) is 2.06. The first-order valence-corrected chi connectivity index (χ1v) is 7.31. The van der Waals surface area contributed by atoms with Gasteiger partial charge in [0.2, 0.25) is 0 Å². The topological polar surface area (TPSA) is 98.1 Å². The number of benzene rings is 1. The summed E-state index contributed by atoms with van der Waals surface area (Å²) >= 11 is 1.40. The molecule has 3 rings (SSSR count). The number of H-pyrrole nitrogens is 1. The van der Waals surface area contributed by atoms with Gasteiger partial charge in [-0.25, -0.2) is 9.78 Å². The maximum absolute atomic E-state index is 11.6. The zero-order chi connectivity index (χ0) is 15.7. The quantitative estimate of drug-likeness (QED) is 0.452. The maximum Gasteiger partial charge on any atom is 0.354 e. The van der Waals surface area contributed by atoms with Crippen molar-refractivity contribution in [3.8, 4) is 10.6 Å². The summed E-state index contributed by atoms with van der Waals surface area (Å²) in [5.41, 5.74) is 1.79. The van der Waals surface area contributed by atoms with E-state index in [1.807, 2.05) is 0 Å². The fraction of sp³-hybridized carbons (Fsp3) is 0.143. The Morgan fingerprint density at radius 2 is 2.14 bits per heavy atom. The Labute approximate surface area is 128 Å². The molecule has 0 radical (unpaired) electrons. The van der Waals surface area contributed by atoms with E-state index < -0.39 is 10.9 Å². The van der Waals surface area contributed by atoms with Gasteiger partial charge in [-0.3, -0.25) is 10.1 Å². The van der Waals surface area contributed by atoms with E-state index in [9.17, 15) is 14.9 Å². The zero-order valence-electron chi connectivity index (χ0n) is 11.5. The first kappa shape index (κ1) is 14.2. The van der Waals surface area contributed by atoms with Crippen LogP contribution < -0.4 is 0 Å². The lowest BCUT2D eigenvalue weighted by Gasteiger charge is -1.97. The van der Waals surface area contributed by atoms with Gasteiger partial charge in [0.25, 0.3) is 5.69 Å². The molecule has 0 aliphatic heterocycles. The Morgan fingerprint density at radius 3 is 2.73 bits per heavy atom. The molecule has 1 aromatic carbocycles. The Bertz CT molecular complexity index is 819. The highest BCUT2D eigenvalue weighted by Crippen LogP contribution is 2.31. The molecule has 0 amide bonds. The van der Waals surface area contributed by atoms with Crippen LogP contribution in [0, 0.1) is 10.1 Å². The fourth-order valence-electron chi connectivity index (χ4n) is 1.98. The number of hydrogen-bond acceptors (Lipinski definition) is 6. The monoisotopic (exact) mass is 317 g/mol. The summed E-state index contributed by atoms with van der Waals surface area (Å²) in [5.74, 6) is -0.412. The molecular formula is C14H11N3O4S. The van der Waals surface area contributed by atoms with Crippen molar-refractivity contribution in [2.45, 2.75) is 6.92 Å². The van der Waals surface area contributed by atoms with Crippen molar-refractivity contribution >= 4 is 33.3 Å². The molecule has 112 valence electrons. The standard InChI is InChI=1S/C14H11N3O4S/c1-2-21-14(18)10-7-11-12(15-10)16-13(22-11)8-3-5-9(6-4-8)17(19)20/h3-7,15H,2H2,1H3. The van der Waals surface area contributed by atoms with Gasteiger partial charge in [-0.2, -0.15) is 0 Å². The molecule has 8 heteroatoms. The first-order valence-electron chi connectivity index (χ1n) is 6.50. The third kappa shape index (κ3) is 2.56. The predicted molar refractivity (Wildman–Crippen MR) is 82.0 cm³/mol. The van der Waals surface area contributed by atoms with Crippen molar-refractivity contribution in [1.82, 2.24) is 9.97 Å². The lowest BCUT2D eigenvalue weighted by molar-refractivity contribution is -0.384.